The molecule has 2 rings (SSSR count). The maximum atomic E-state index is 12.3. The molecular formula is C13H24N4O2S2. The predicted octanol–water partition coefficient (Wildman–Crippen LogP) is -0.00840. The molecule has 2 heterocycles. The Labute approximate surface area is 131 Å². The van der Waals surface area contributed by atoms with Crippen LogP contribution in [0.3, 0.4) is 0 Å². The molecule has 8 heteroatoms. The first kappa shape index (κ1) is 16.9. The summed E-state index contributed by atoms with van der Waals surface area (Å²) >= 11 is 1.27. The molecule has 2 N–H and O–H groups in total. The minimum Gasteiger partial charge on any atom is -0.316 e. The molecule has 1 aromatic heterocycles. The quantitative estimate of drug-likeness (QED) is 0.767. The molecule has 1 aliphatic heterocycles. The molecule has 1 unspecified atom stereocenters. The molecule has 0 aliphatic carbocycles. The van der Waals surface area contributed by atoms with Crippen molar-refractivity contribution in [2.45, 2.75) is 16.8 Å². The zero-order valence-corrected chi connectivity index (χ0v) is 14.4. The van der Waals surface area contributed by atoms with Crippen LogP contribution in [0.25, 0.3) is 0 Å². The Balaban J connectivity index is 1.96. The Bertz CT molecular complexity index is 558. The van der Waals surface area contributed by atoms with Gasteiger partial charge in [0.25, 0.3) is 0 Å². The van der Waals surface area contributed by atoms with Crippen LogP contribution in [-0.2, 0) is 16.6 Å². The molecule has 21 heavy (non-hydrogen) atoms. The highest BCUT2D eigenvalue weighted by molar-refractivity contribution is 7.91. The van der Waals surface area contributed by atoms with E-state index in [4.69, 9.17) is 0 Å². The van der Waals surface area contributed by atoms with Gasteiger partial charge in [0.1, 0.15) is 4.21 Å². The Morgan fingerprint density at radius 3 is 2.86 bits per heavy atom. The molecule has 0 aromatic carbocycles. The number of likely N-dealkylation sites (N-methyl/N-ethyl adjacent to an activating group) is 2. The average Bonchev–Trinajstić information content (AvgIpc) is 2.90. The minimum absolute atomic E-state index is 0.218. The highest BCUT2D eigenvalue weighted by Gasteiger charge is 2.25. The third kappa shape index (κ3) is 4.48. The molecule has 0 radical (unpaired) electrons. The Morgan fingerprint density at radius 1 is 1.38 bits per heavy atom. The lowest BCUT2D eigenvalue weighted by Gasteiger charge is -2.37. The Morgan fingerprint density at radius 2 is 2.14 bits per heavy atom. The second kappa shape index (κ2) is 7.17. The van der Waals surface area contributed by atoms with Crippen LogP contribution in [0.1, 0.15) is 5.56 Å². The van der Waals surface area contributed by atoms with E-state index >= 15 is 0 Å². The van der Waals surface area contributed by atoms with E-state index in [1.807, 2.05) is 19.5 Å². The number of thiophene rings is 1. The lowest BCUT2D eigenvalue weighted by molar-refractivity contribution is 0.117. The summed E-state index contributed by atoms with van der Waals surface area (Å²) in [5, 5.41) is 4.90. The molecule has 1 fully saturated rings. The number of sulfonamides is 1. The van der Waals surface area contributed by atoms with Crippen LogP contribution in [0.15, 0.2) is 15.7 Å². The normalized spacial score (nSPS) is 21.8. The molecule has 1 saturated heterocycles. The van der Waals surface area contributed by atoms with Crippen molar-refractivity contribution in [3.05, 3.63) is 17.0 Å². The predicted molar refractivity (Wildman–Crippen MR) is 86.2 cm³/mol. The van der Waals surface area contributed by atoms with Gasteiger partial charge in [0.15, 0.2) is 0 Å². The number of hydrogen-bond acceptors (Lipinski definition) is 6. The van der Waals surface area contributed by atoms with Gasteiger partial charge in [0.2, 0.25) is 10.0 Å². The Kier molecular flexibility index (Phi) is 5.75. The van der Waals surface area contributed by atoms with E-state index in [1.54, 1.807) is 6.07 Å². The lowest BCUT2D eigenvalue weighted by atomic mass is 10.2. The first-order chi connectivity index (χ1) is 9.92. The van der Waals surface area contributed by atoms with Crippen LogP contribution in [-0.4, -0.2) is 71.6 Å². The van der Waals surface area contributed by atoms with E-state index in [0.717, 1.165) is 25.2 Å². The SMILES string of the molecule is CNCc1csc(S(=O)(=O)NCC2CN(C)CCN2C)c1. The number of nitrogens with one attached hydrogen (secondary N) is 2. The van der Waals surface area contributed by atoms with Gasteiger partial charge in [-0.15, -0.1) is 11.3 Å². The second-order valence-corrected chi connectivity index (χ2v) is 8.46. The van der Waals surface area contributed by atoms with Crippen molar-refractivity contribution in [3.63, 3.8) is 0 Å². The summed E-state index contributed by atoms with van der Waals surface area (Å²) < 4.78 is 27.8. The molecule has 1 atom stereocenters. The summed E-state index contributed by atoms with van der Waals surface area (Å²) in [6.45, 7) is 4.01. The van der Waals surface area contributed by atoms with E-state index in [-0.39, 0.29) is 6.04 Å². The summed E-state index contributed by atoms with van der Waals surface area (Å²) in [6.07, 6.45) is 0. The van der Waals surface area contributed by atoms with Crippen LogP contribution in [0.4, 0.5) is 0 Å². The number of hydrogen-bond donors (Lipinski definition) is 2. The lowest BCUT2D eigenvalue weighted by Crippen LogP contribution is -2.54. The van der Waals surface area contributed by atoms with Crippen LogP contribution >= 0.6 is 11.3 Å². The molecule has 0 spiro atoms. The van der Waals surface area contributed by atoms with Crippen LogP contribution in [0.5, 0.6) is 0 Å². The van der Waals surface area contributed by atoms with Crippen molar-refractivity contribution >= 4 is 21.4 Å². The molecule has 0 amide bonds. The van der Waals surface area contributed by atoms with Gasteiger partial charge in [-0.1, -0.05) is 0 Å². The average molecular weight is 332 g/mol. The van der Waals surface area contributed by atoms with Gasteiger partial charge in [-0.3, -0.25) is 4.90 Å². The molecule has 0 bridgehead atoms. The van der Waals surface area contributed by atoms with Gasteiger partial charge in [0.05, 0.1) is 0 Å². The maximum Gasteiger partial charge on any atom is 0.250 e. The van der Waals surface area contributed by atoms with Crippen molar-refractivity contribution in [1.82, 2.24) is 19.8 Å². The number of nitrogens with zero attached hydrogens (tertiary/aromatic N) is 2. The minimum atomic E-state index is -3.40. The van der Waals surface area contributed by atoms with E-state index in [0.29, 0.717) is 17.3 Å². The highest BCUT2D eigenvalue weighted by atomic mass is 32.2. The first-order valence-electron chi connectivity index (χ1n) is 7.03. The Hall–Kier alpha value is -0.510. The van der Waals surface area contributed by atoms with E-state index in [9.17, 15) is 8.42 Å². The van der Waals surface area contributed by atoms with E-state index < -0.39 is 10.0 Å². The smallest absolute Gasteiger partial charge is 0.250 e. The topological polar surface area (TPSA) is 64.7 Å². The fraction of sp³-hybridized carbons (Fsp3) is 0.692. The molecule has 0 saturated carbocycles. The zero-order chi connectivity index (χ0) is 15.5. The second-order valence-electron chi connectivity index (χ2n) is 5.55. The van der Waals surface area contributed by atoms with Crippen LogP contribution in [0.2, 0.25) is 0 Å². The molecular weight excluding hydrogens is 308 g/mol. The van der Waals surface area contributed by atoms with Crippen molar-refractivity contribution < 1.29 is 8.42 Å². The van der Waals surface area contributed by atoms with Gasteiger partial charge in [-0.05, 0) is 38.2 Å². The van der Waals surface area contributed by atoms with Crippen molar-refractivity contribution in [3.8, 4) is 0 Å². The standard InChI is InChI=1S/C13H24N4O2S2/c1-14-7-11-6-13(20-10-11)21(18,19)15-8-12-9-16(2)4-5-17(12)3/h6,10,12,14-15H,4-5,7-9H2,1-3H3. The van der Waals surface area contributed by atoms with Crippen molar-refractivity contribution in [2.24, 2.45) is 0 Å². The van der Waals surface area contributed by atoms with Gasteiger partial charge in [-0.2, -0.15) is 0 Å². The van der Waals surface area contributed by atoms with Gasteiger partial charge in [0, 0.05) is 38.8 Å². The third-order valence-electron chi connectivity index (χ3n) is 3.76. The van der Waals surface area contributed by atoms with Gasteiger partial charge >= 0.3 is 0 Å². The van der Waals surface area contributed by atoms with Crippen LogP contribution in [0, 0.1) is 0 Å². The van der Waals surface area contributed by atoms with Crippen molar-refractivity contribution in [1.29, 1.82) is 0 Å². The fourth-order valence-corrected chi connectivity index (χ4v) is 4.72. The first-order valence-corrected chi connectivity index (χ1v) is 9.39. The monoisotopic (exact) mass is 332 g/mol. The highest BCUT2D eigenvalue weighted by Crippen LogP contribution is 2.20. The molecule has 1 aromatic rings. The third-order valence-corrected chi connectivity index (χ3v) is 6.68. The van der Waals surface area contributed by atoms with E-state index in [2.05, 4.69) is 26.9 Å². The maximum absolute atomic E-state index is 12.3. The van der Waals surface area contributed by atoms with Gasteiger partial charge < -0.3 is 10.2 Å². The largest absolute Gasteiger partial charge is 0.316 e. The summed E-state index contributed by atoms with van der Waals surface area (Å²) in [7, 11) is 2.56. The number of piperazine rings is 1. The zero-order valence-electron chi connectivity index (χ0n) is 12.8. The summed E-state index contributed by atoms with van der Waals surface area (Å²) in [6, 6.07) is 1.95. The van der Waals surface area contributed by atoms with Crippen molar-refractivity contribution in [2.75, 3.05) is 47.3 Å². The summed E-state index contributed by atoms with van der Waals surface area (Å²) in [5.41, 5.74) is 0.998. The van der Waals surface area contributed by atoms with Gasteiger partial charge in [-0.25, -0.2) is 13.1 Å². The summed E-state index contributed by atoms with van der Waals surface area (Å²) in [5.74, 6) is 0. The van der Waals surface area contributed by atoms with Crippen LogP contribution < -0.4 is 10.0 Å². The summed E-state index contributed by atoms with van der Waals surface area (Å²) in [4.78, 5) is 4.44. The molecule has 6 nitrogen and oxygen atoms in total. The van der Waals surface area contributed by atoms with E-state index in [1.165, 1.54) is 11.3 Å². The molecule has 120 valence electrons. The number of rotatable bonds is 6. The fourth-order valence-electron chi connectivity index (χ4n) is 2.39. The molecule has 1 aliphatic rings.